The van der Waals surface area contributed by atoms with Crippen molar-refractivity contribution < 1.29 is 23.1 Å². The highest BCUT2D eigenvalue weighted by Gasteiger charge is 2.29. The zero-order valence-corrected chi connectivity index (χ0v) is 20.0. The highest BCUT2D eigenvalue weighted by atomic mass is 19.1. The molecule has 186 valence electrons. The van der Waals surface area contributed by atoms with Crippen molar-refractivity contribution in [2.75, 3.05) is 32.8 Å². The average Bonchev–Trinajstić information content (AvgIpc) is 3.36. The summed E-state index contributed by atoms with van der Waals surface area (Å²) in [7, 11) is 0. The summed E-state index contributed by atoms with van der Waals surface area (Å²) in [5.41, 5.74) is 1.91. The van der Waals surface area contributed by atoms with Crippen LogP contribution in [0.1, 0.15) is 36.8 Å². The number of fused-ring (bicyclic) bond motifs is 1. The van der Waals surface area contributed by atoms with Crippen LogP contribution in [0.25, 0.3) is 10.8 Å². The fourth-order valence-electron chi connectivity index (χ4n) is 5.05. The van der Waals surface area contributed by atoms with E-state index in [1.807, 2.05) is 23.1 Å². The summed E-state index contributed by atoms with van der Waals surface area (Å²) in [6.07, 6.45) is 7.33. The number of hydrogen-bond donors (Lipinski definition) is 0. The molecule has 0 spiro atoms. The Morgan fingerprint density at radius 2 is 1.69 bits per heavy atom. The molecule has 0 aliphatic carbocycles. The minimum absolute atomic E-state index is 0.0920. The first-order chi connectivity index (χ1) is 17.1. The molecule has 2 aromatic carbocycles. The zero-order valence-electron chi connectivity index (χ0n) is 20.0. The van der Waals surface area contributed by atoms with Gasteiger partial charge in [-0.1, -0.05) is 24.3 Å². The number of likely N-dealkylation sites (tertiary alicyclic amines) is 1. The number of carbonyl (C=O) groups is 1. The summed E-state index contributed by atoms with van der Waals surface area (Å²) in [5.74, 6) is -0.168. The number of halogens is 1. The second kappa shape index (κ2) is 11.3. The van der Waals surface area contributed by atoms with Crippen molar-refractivity contribution in [3.63, 3.8) is 0 Å². The summed E-state index contributed by atoms with van der Waals surface area (Å²) in [5, 5.41) is 2.03. The van der Waals surface area contributed by atoms with E-state index in [1.165, 1.54) is 12.1 Å². The van der Waals surface area contributed by atoms with Gasteiger partial charge in [0, 0.05) is 49.4 Å². The molecule has 5 rings (SSSR count). The first kappa shape index (κ1) is 24.0. The number of benzene rings is 2. The summed E-state index contributed by atoms with van der Waals surface area (Å²) in [6.45, 7) is 4.86. The molecule has 7 heteroatoms. The maximum Gasteiger partial charge on any atom is 0.227 e. The molecule has 35 heavy (non-hydrogen) atoms. The summed E-state index contributed by atoms with van der Waals surface area (Å²) in [4.78, 5) is 18.0. The third-order valence-corrected chi connectivity index (χ3v) is 7.06. The lowest BCUT2D eigenvalue weighted by Crippen LogP contribution is -2.48. The van der Waals surface area contributed by atoms with Gasteiger partial charge in [-0.2, -0.15) is 0 Å². The third-order valence-electron chi connectivity index (χ3n) is 7.06. The van der Waals surface area contributed by atoms with Crippen LogP contribution < -0.4 is 0 Å². The molecule has 0 radical (unpaired) electrons. The molecule has 0 unspecified atom stereocenters. The van der Waals surface area contributed by atoms with Crippen molar-refractivity contribution in [3.8, 4) is 0 Å². The van der Waals surface area contributed by atoms with Gasteiger partial charge in [0.15, 0.2) is 6.29 Å². The Balaban J connectivity index is 1.23. The molecule has 0 bridgehead atoms. The van der Waals surface area contributed by atoms with Crippen molar-refractivity contribution in [3.05, 3.63) is 71.9 Å². The summed E-state index contributed by atoms with van der Waals surface area (Å²) in [6, 6.07) is 12.6. The standard InChI is InChI=1S/C28H33FN2O4/c29-25-6-3-21(4-7-25)18-31(27(32)17-22-2-5-23-19-33-20-24(23)16-22)26-8-11-30(12-9-26)13-10-28-34-14-1-15-35-28/h2-7,16,19-20,26,28H,1,8-15,17-18H2. The van der Waals surface area contributed by atoms with Gasteiger partial charge < -0.3 is 23.7 Å². The highest BCUT2D eigenvalue weighted by molar-refractivity contribution is 5.84. The van der Waals surface area contributed by atoms with E-state index in [4.69, 9.17) is 13.9 Å². The lowest BCUT2D eigenvalue weighted by molar-refractivity contribution is -0.182. The quantitative estimate of drug-likeness (QED) is 0.465. The van der Waals surface area contributed by atoms with Gasteiger partial charge in [0.1, 0.15) is 5.82 Å². The Morgan fingerprint density at radius 3 is 2.46 bits per heavy atom. The molecule has 0 atom stereocenters. The molecule has 3 heterocycles. The number of piperidine rings is 1. The Bertz CT molecular complexity index is 1100. The van der Waals surface area contributed by atoms with Crippen LogP contribution in [0, 0.1) is 5.82 Å². The van der Waals surface area contributed by atoms with E-state index in [9.17, 15) is 9.18 Å². The molecular formula is C28H33FN2O4. The Hall–Kier alpha value is -2.74. The van der Waals surface area contributed by atoms with Gasteiger partial charge in [0.05, 0.1) is 32.2 Å². The average molecular weight is 481 g/mol. The molecule has 0 saturated carbocycles. The second-order valence-electron chi connectivity index (χ2n) is 9.55. The summed E-state index contributed by atoms with van der Waals surface area (Å²) < 4.78 is 30.1. The van der Waals surface area contributed by atoms with Crippen LogP contribution in [-0.2, 0) is 27.2 Å². The number of furan rings is 1. The van der Waals surface area contributed by atoms with Crippen molar-refractivity contribution in [1.29, 1.82) is 0 Å². The van der Waals surface area contributed by atoms with Gasteiger partial charge in [0.2, 0.25) is 5.91 Å². The molecule has 1 amide bonds. The fourth-order valence-corrected chi connectivity index (χ4v) is 5.05. The molecule has 2 saturated heterocycles. The predicted octanol–water partition coefficient (Wildman–Crippen LogP) is 4.76. The van der Waals surface area contributed by atoms with Crippen LogP contribution in [0.4, 0.5) is 4.39 Å². The van der Waals surface area contributed by atoms with Gasteiger partial charge in [-0.25, -0.2) is 4.39 Å². The van der Waals surface area contributed by atoms with Crippen molar-refractivity contribution in [1.82, 2.24) is 9.80 Å². The van der Waals surface area contributed by atoms with Crippen LogP contribution in [-0.4, -0.2) is 60.9 Å². The molecule has 3 aromatic rings. The topological polar surface area (TPSA) is 55.2 Å². The molecule has 2 aliphatic rings. The third kappa shape index (κ3) is 6.28. The number of carbonyl (C=O) groups excluding carboxylic acids is 1. The van der Waals surface area contributed by atoms with Crippen molar-refractivity contribution in [2.45, 2.75) is 51.0 Å². The Labute approximate surface area is 205 Å². The molecule has 6 nitrogen and oxygen atoms in total. The van der Waals surface area contributed by atoms with Crippen LogP contribution in [0.15, 0.2) is 59.4 Å². The fraction of sp³-hybridized carbons (Fsp3) is 0.464. The van der Waals surface area contributed by atoms with Crippen molar-refractivity contribution in [2.24, 2.45) is 0 Å². The first-order valence-corrected chi connectivity index (χ1v) is 12.6. The summed E-state index contributed by atoms with van der Waals surface area (Å²) >= 11 is 0. The number of amides is 1. The van der Waals surface area contributed by atoms with Crippen LogP contribution in [0.5, 0.6) is 0 Å². The lowest BCUT2D eigenvalue weighted by Gasteiger charge is -2.39. The van der Waals surface area contributed by atoms with Gasteiger partial charge >= 0.3 is 0 Å². The molecular weight excluding hydrogens is 447 g/mol. The maximum absolute atomic E-state index is 13.6. The lowest BCUT2D eigenvalue weighted by atomic mass is 10.00. The van der Waals surface area contributed by atoms with E-state index in [-0.39, 0.29) is 24.1 Å². The molecule has 2 fully saturated rings. The normalized spacial score (nSPS) is 18.2. The van der Waals surface area contributed by atoms with Gasteiger partial charge in [-0.15, -0.1) is 0 Å². The van der Waals surface area contributed by atoms with Gasteiger partial charge in [-0.05, 0) is 48.6 Å². The number of nitrogens with zero attached hydrogens (tertiary/aromatic N) is 2. The monoisotopic (exact) mass is 480 g/mol. The molecule has 1 aromatic heterocycles. The second-order valence-corrected chi connectivity index (χ2v) is 9.55. The SMILES string of the molecule is O=C(Cc1ccc2cocc2c1)N(Cc1ccc(F)cc1)C1CCN(CCC2OCCCO2)CC1. The maximum atomic E-state index is 13.6. The van der Waals surface area contributed by atoms with Crippen LogP contribution in [0.3, 0.4) is 0 Å². The minimum Gasteiger partial charge on any atom is -0.471 e. The Morgan fingerprint density at radius 1 is 0.971 bits per heavy atom. The van der Waals surface area contributed by atoms with Crippen LogP contribution >= 0.6 is 0 Å². The van der Waals surface area contributed by atoms with Crippen molar-refractivity contribution >= 4 is 16.7 Å². The van der Waals surface area contributed by atoms with E-state index in [0.29, 0.717) is 13.0 Å². The van der Waals surface area contributed by atoms with E-state index < -0.39 is 0 Å². The van der Waals surface area contributed by atoms with E-state index in [1.54, 1.807) is 24.7 Å². The largest absolute Gasteiger partial charge is 0.471 e. The zero-order chi connectivity index (χ0) is 24.0. The first-order valence-electron chi connectivity index (χ1n) is 12.6. The van der Waals surface area contributed by atoms with E-state index >= 15 is 0 Å². The predicted molar refractivity (Wildman–Crippen MR) is 131 cm³/mol. The van der Waals surface area contributed by atoms with E-state index in [0.717, 1.165) is 80.4 Å². The molecule has 0 N–H and O–H groups in total. The Kier molecular flexibility index (Phi) is 7.76. The van der Waals surface area contributed by atoms with Crippen LogP contribution in [0.2, 0.25) is 0 Å². The number of rotatable bonds is 8. The number of ether oxygens (including phenoxy) is 2. The molecule has 2 aliphatic heterocycles. The number of hydrogen-bond acceptors (Lipinski definition) is 5. The van der Waals surface area contributed by atoms with E-state index in [2.05, 4.69) is 4.90 Å². The van der Waals surface area contributed by atoms with Gasteiger partial charge in [0.25, 0.3) is 0 Å². The smallest absolute Gasteiger partial charge is 0.227 e. The highest BCUT2D eigenvalue weighted by Crippen LogP contribution is 2.23. The van der Waals surface area contributed by atoms with Gasteiger partial charge in [-0.3, -0.25) is 4.79 Å². The minimum atomic E-state index is -0.265.